The molecule has 5 heteroatoms. The standard InChI is InChI=1S/C12H24N2O3/c1-7(2)9-12(4,5)10(14-11(15)13-9)17-8(3)16-6/h7-10H,1-6H3,(H2,13,14,15). The van der Waals surface area contributed by atoms with E-state index in [9.17, 15) is 4.79 Å². The maximum atomic E-state index is 11.6. The van der Waals surface area contributed by atoms with Gasteiger partial charge in [0, 0.05) is 18.6 Å². The van der Waals surface area contributed by atoms with Crippen LogP contribution in [0.5, 0.6) is 0 Å². The van der Waals surface area contributed by atoms with E-state index in [1.807, 2.05) is 6.92 Å². The van der Waals surface area contributed by atoms with Crippen molar-refractivity contribution >= 4 is 6.03 Å². The number of rotatable bonds is 4. The molecule has 1 aliphatic heterocycles. The second kappa shape index (κ2) is 5.23. The van der Waals surface area contributed by atoms with Gasteiger partial charge in [0.1, 0.15) is 6.23 Å². The number of nitrogens with one attached hydrogen (secondary N) is 2. The second-order valence-corrected chi connectivity index (χ2v) is 5.48. The molecule has 0 spiro atoms. The lowest BCUT2D eigenvalue weighted by Crippen LogP contribution is -2.67. The smallest absolute Gasteiger partial charge is 0.317 e. The summed E-state index contributed by atoms with van der Waals surface area (Å²) >= 11 is 0. The van der Waals surface area contributed by atoms with E-state index in [0.29, 0.717) is 5.92 Å². The minimum Gasteiger partial charge on any atom is -0.356 e. The van der Waals surface area contributed by atoms with Crippen molar-refractivity contribution in [3.63, 3.8) is 0 Å². The van der Waals surface area contributed by atoms with E-state index in [4.69, 9.17) is 9.47 Å². The Bertz CT molecular complexity index is 279. The topological polar surface area (TPSA) is 59.6 Å². The summed E-state index contributed by atoms with van der Waals surface area (Å²) in [7, 11) is 1.58. The Hall–Kier alpha value is -0.810. The van der Waals surface area contributed by atoms with Crippen LogP contribution in [0.2, 0.25) is 0 Å². The third kappa shape index (κ3) is 3.10. The van der Waals surface area contributed by atoms with Gasteiger partial charge in [-0.05, 0) is 12.8 Å². The number of carbonyl (C=O) groups is 1. The highest BCUT2D eigenvalue weighted by atomic mass is 16.7. The Balaban J connectivity index is 2.84. The fourth-order valence-corrected chi connectivity index (χ4v) is 2.32. The van der Waals surface area contributed by atoms with Gasteiger partial charge in [0.25, 0.3) is 0 Å². The van der Waals surface area contributed by atoms with Gasteiger partial charge >= 0.3 is 6.03 Å². The Labute approximate surface area is 103 Å². The van der Waals surface area contributed by atoms with Gasteiger partial charge in [-0.2, -0.15) is 0 Å². The summed E-state index contributed by atoms with van der Waals surface area (Å²) in [5.41, 5.74) is -0.200. The molecule has 1 aliphatic rings. The summed E-state index contributed by atoms with van der Waals surface area (Å²) in [6.07, 6.45) is -0.691. The van der Waals surface area contributed by atoms with Crippen molar-refractivity contribution in [3.8, 4) is 0 Å². The fourth-order valence-electron chi connectivity index (χ4n) is 2.32. The molecule has 5 nitrogen and oxygen atoms in total. The molecule has 3 unspecified atom stereocenters. The zero-order valence-electron chi connectivity index (χ0n) is 11.5. The van der Waals surface area contributed by atoms with Crippen molar-refractivity contribution in [3.05, 3.63) is 0 Å². The maximum Gasteiger partial charge on any atom is 0.317 e. The minimum atomic E-state index is -0.349. The molecule has 0 aromatic heterocycles. The lowest BCUT2D eigenvalue weighted by atomic mass is 9.75. The van der Waals surface area contributed by atoms with Crippen LogP contribution in [0.3, 0.4) is 0 Å². The summed E-state index contributed by atoms with van der Waals surface area (Å²) in [5.74, 6) is 0.347. The van der Waals surface area contributed by atoms with Crippen LogP contribution in [0.15, 0.2) is 0 Å². The van der Waals surface area contributed by atoms with Crippen LogP contribution >= 0.6 is 0 Å². The third-order valence-corrected chi connectivity index (χ3v) is 3.35. The summed E-state index contributed by atoms with van der Waals surface area (Å²) in [5, 5.41) is 5.76. The average molecular weight is 244 g/mol. The number of ether oxygens (including phenoxy) is 2. The van der Waals surface area contributed by atoms with Crippen molar-refractivity contribution < 1.29 is 14.3 Å². The van der Waals surface area contributed by atoms with Crippen LogP contribution < -0.4 is 10.6 Å². The van der Waals surface area contributed by atoms with Gasteiger partial charge in [-0.15, -0.1) is 0 Å². The second-order valence-electron chi connectivity index (χ2n) is 5.48. The largest absolute Gasteiger partial charge is 0.356 e. The average Bonchev–Trinajstić information content (AvgIpc) is 2.22. The van der Waals surface area contributed by atoms with Crippen molar-refractivity contribution in [2.75, 3.05) is 7.11 Å². The SMILES string of the molecule is COC(C)OC1NC(=O)NC(C(C)C)C1(C)C. The Kier molecular flexibility index (Phi) is 4.38. The molecular formula is C12H24N2O3. The molecule has 0 bridgehead atoms. The van der Waals surface area contributed by atoms with Crippen molar-refractivity contribution in [1.82, 2.24) is 10.6 Å². The first-order valence-electron chi connectivity index (χ1n) is 6.04. The number of hydrogen-bond acceptors (Lipinski definition) is 3. The zero-order chi connectivity index (χ0) is 13.2. The monoisotopic (exact) mass is 244 g/mol. The fraction of sp³-hybridized carbons (Fsp3) is 0.917. The molecular weight excluding hydrogens is 220 g/mol. The van der Waals surface area contributed by atoms with Crippen LogP contribution in [-0.2, 0) is 9.47 Å². The molecule has 0 radical (unpaired) electrons. The molecule has 0 aromatic rings. The van der Waals surface area contributed by atoms with Crippen molar-refractivity contribution in [2.45, 2.75) is 53.2 Å². The summed E-state index contributed by atoms with van der Waals surface area (Å²) in [4.78, 5) is 11.6. The first-order valence-corrected chi connectivity index (χ1v) is 6.04. The van der Waals surface area contributed by atoms with Crippen LogP contribution in [0.1, 0.15) is 34.6 Å². The highest BCUT2D eigenvalue weighted by Gasteiger charge is 2.45. The first kappa shape index (κ1) is 14.3. The predicted molar refractivity (Wildman–Crippen MR) is 65.4 cm³/mol. The van der Waals surface area contributed by atoms with Crippen molar-refractivity contribution in [1.29, 1.82) is 0 Å². The van der Waals surface area contributed by atoms with E-state index >= 15 is 0 Å². The zero-order valence-corrected chi connectivity index (χ0v) is 11.5. The van der Waals surface area contributed by atoms with E-state index in [0.717, 1.165) is 0 Å². The van der Waals surface area contributed by atoms with Crippen LogP contribution in [0.25, 0.3) is 0 Å². The van der Waals surface area contributed by atoms with Gasteiger partial charge < -0.3 is 20.1 Å². The Morgan fingerprint density at radius 3 is 2.29 bits per heavy atom. The predicted octanol–water partition coefficient (Wildman–Crippen LogP) is 1.69. The number of urea groups is 1. The van der Waals surface area contributed by atoms with Crippen LogP contribution in [-0.4, -0.2) is 31.7 Å². The molecule has 1 saturated heterocycles. The van der Waals surface area contributed by atoms with Gasteiger partial charge in [-0.1, -0.05) is 27.7 Å². The summed E-state index contributed by atoms with van der Waals surface area (Å²) in [6.45, 7) is 10.2. The lowest BCUT2D eigenvalue weighted by molar-refractivity contribution is -0.189. The molecule has 2 amide bonds. The quantitative estimate of drug-likeness (QED) is 0.740. The van der Waals surface area contributed by atoms with Crippen LogP contribution in [0, 0.1) is 11.3 Å². The minimum absolute atomic E-state index is 0.0744. The van der Waals surface area contributed by atoms with E-state index in [1.165, 1.54) is 0 Å². The molecule has 1 fully saturated rings. The third-order valence-electron chi connectivity index (χ3n) is 3.35. The number of amides is 2. The molecule has 2 N–H and O–H groups in total. The molecule has 1 heterocycles. The normalized spacial score (nSPS) is 29.7. The van der Waals surface area contributed by atoms with E-state index < -0.39 is 0 Å². The van der Waals surface area contributed by atoms with Gasteiger partial charge in [0.05, 0.1) is 0 Å². The maximum absolute atomic E-state index is 11.6. The van der Waals surface area contributed by atoms with Crippen LogP contribution in [0.4, 0.5) is 4.79 Å². The van der Waals surface area contributed by atoms with Gasteiger partial charge in [0.2, 0.25) is 0 Å². The number of hydrogen-bond donors (Lipinski definition) is 2. The molecule has 1 rings (SSSR count). The molecule has 100 valence electrons. The van der Waals surface area contributed by atoms with Gasteiger partial charge in [0.15, 0.2) is 6.29 Å². The van der Waals surface area contributed by atoms with Gasteiger partial charge in [-0.25, -0.2) is 4.79 Å². The highest BCUT2D eigenvalue weighted by molar-refractivity contribution is 5.75. The number of methoxy groups -OCH3 is 1. The summed E-state index contributed by atoms with van der Waals surface area (Å²) in [6, 6.07) is -0.110. The lowest BCUT2D eigenvalue weighted by Gasteiger charge is -2.47. The molecule has 17 heavy (non-hydrogen) atoms. The molecule has 0 saturated carbocycles. The van der Waals surface area contributed by atoms with E-state index in [-0.39, 0.29) is 30.0 Å². The highest BCUT2D eigenvalue weighted by Crippen LogP contribution is 2.33. The first-order chi connectivity index (χ1) is 7.78. The van der Waals surface area contributed by atoms with E-state index in [2.05, 4.69) is 38.3 Å². The number of carbonyl (C=O) groups excluding carboxylic acids is 1. The van der Waals surface area contributed by atoms with E-state index in [1.54, 1.807) is 7.11 Å². The Morgan fingerprint density at radius 1 is 1.24 bits per heavy atom. The van der Waals surface area contributed by atoms with Crippen molar-refractivity contribution in [2.24, 2.45) is 11.3 Å². The van der Waals surface area contributed by atoms with Gasteiger partial charge in [-0.3, -0.25) is 0 Å². The summed E-state index contributed by atoms with van der Waals surface area (Å²) < 4.78 is 10.8. The Morgan fingerprint density at radius 2 is 1.82 bits per heavy atom. The molecule has 0 aromatic carbocycles. The molecule has 0 aliphatic carbocycles. The molecule has 3 atom stereocenters.